The van der Waals surface area contributed by atoms with Gasteiger partial charge in [0.05, 0.1) is 18.5 Å². The summed E-state index contributed by atoms with van der Waals surface area (Å²) in [5, 5.41) is 18.8. The Balaban J connectivity index is 1.31. The van der Waals surface area contributed by atoms with E-state index in [2.05, 4.69) is 25.9 Å². The van der Waals surface area contributed by atoms with Crippen molar-refractivity contribution in [3.8, 4) is 0 Å². The number of hydrogen-bond acceptors (Lipinski definition) is 8. The fourth-order valence-corrected chi connectivity index (χ4v) is 3.69. The van der Waals surface area contributed by atoms with E-state index in [1.54, 1.807) is 6.20 Å². The maximum atomic E-state index is 11.9. The second kappa shape index (κ2) is 10.6. The standard InChI is InChI=1S/C23H33N7O2/c1-30(12-13-31)20-9-8-18(14-26-20)28-23-27-15-19(16-6-7-16)21(29-23)24-10-3-11-25-22(32)17-4-2-5-17/h8-9,14-17,31H,2-7,10-13H2,1H3,(H,25,32)(H2,24,27,28,29). The third-order valence-corrected chi connectivity index (χ3v) is 6.09. The molecule has 32 heavy (non-hydrogen) atoms. The van der Waals surface area contributed by atoms with Crippen LogP contribution in [0.4, 0.5) is 23.3 Å². The van der Waals surface area contributed by atoms with E-state index >= 15 is 0 Å². The zero-order valence-electron chi connectivity index (χ0n) is 18.7. The molecule has 4 N–H and O–H groups in total. The van der Waals surface area contributed by atoms with Crippen LogP contribution in [-0.4, -0.2) is 59.3 Å². The topological polar surface area (TPSA) is 115 Å². The Bertz CT molecular complexity index is 898. The molecule has 172 valence electrons. The number of hydrogen-bond donors (Lipinski definition) is 4. The highest BCUT2D eigenvalue weighted by Crippen LogP contribution is 2.42. The summed E-state index contributed by atoms with van der Waals surface area (Å²) in [6.07, 6.45) is 10.1. The molecule has 0 spiro atoms. The summed E-state index contributed by atoms with van der Waals surface area (Å²) in [7, 11) is 1.89. The number of pyridine rings is 1. The lowest BCUT2D eigenvalue weighted by molar-refractivity contribution is -0.127. The molecule has 9 nitrogen and oxygen atoms in total. The minimum atomic E-state index is 0.0853. The molecular formula is C23H33N7O2. The maximum Gasteiger partial charge on any atom is 0.229 e. The molecule has 2 heterocycles. The number of carbonyl (C=O) groups excluding carboxylic acids is 1. The van der Waals surface area contributed by atoms with E-state index in [9.17, 15) is 4.79 Å². The number of anilines is 4. The van der Waals surface area contributed by atoms with Crippen LogP contribution >= 0.6 is 0 Å². The summed E-state index contributed by atoms with van der Waals surface area (Å²) in [5.41, 5.74) is 1.96. The first-order chi connectivity index (χ1) is 15.6. The Labute approximate surface area is 189 Å². The lowest BCUT2D eigenvalue weighted by Crippen LogP contribution is -2.35. The monoisotopic (exact) mass is 439 g/mol. The maximum absolute atomic E-state index is 11.9. The summed E-state index contributed by atoms with van der Waals surface area (Å²) in [6.45, 7) is 2.04. The number of nitrogens with zero attached hydrogens (tertiary/aromatic N) is 4. The van der Waals surface area contributed by atoms with E-state index in [-0.39, 0.29) is 18.4 Å². The lowest BCUT2D eigenvalue weighted by atomic mass is 9.85. The van der Waals surface area contributed by atoms with E-state index in [4.69, 9.17) is 10.1 Å². The van der Waals surface area contributed by atoms with Crippen molar-refractivity contribution in [2.24, 2.45) is 5.92 Å². The van der Waals surface area contributed by atoms with Gasteiger partial charge in [0.15, 0.2) is 0 Å². The van der Waals surface area contributed by atoms with Crippen LogP contribution in [0.1, 0.15) is 50.0 Å². The van der Waals surface area contributed by atoms with Gasteiger partial charge < -0.3 is 26.0 Å². The summed E-state index contributed by atoms with van der Waals surface area (Å²) in [5.74, 6) is 3.15. The quantitative estimate of drug-likeness (QED) is 0.373. The van der Waals surface area contributed by atoms with Crippen LogP contribution in [0.15, 0.2) is 24.5 Å². The van der Waals surface area contributed by atoms with Crippen LogP contribution in [0.5, 0.6) is 0 Å². The molecule has 2 fully saturated rings. The van der Waals surface area contributed by atoms with E-state index < -0.39 is 0 Å². The summed E-state index contributed by atoms with van der Waals surface area (Å²) < 4.78 is 0. The van der Waals surface area contributed by atoms with Gasteiger partial charge in [-0.2, -0.15) is 4.98 Å². The van der Waals surface area contributed by atoms with Gasteiger partial charge in [0, 0.05) is 44.4 Å². The summed E-state index contributed by atoms with van der Waals surface area (Å²) in [4.78, 5) is 27.5. The Kier molecular flexibility index (Phi) is 7.36. The van der Waals surface area contributed by atoms with E-state index in [0.29, 0.717) is 25.0 Å². The molecule has 2 aliphatic rings. The van der Waals surface area contributed by atoms with Crippen molar-refractivity contribution < 1.29 is 9.90 Å². The van der Waals surface area contributed by atoms with Gasteiger partial charge in [-0.25, -0.2) is 9.97 Å². The highest BCUT2D eigenvalue weighted by Gasteiger charge is 2.28. The van der Waals surface area contributed by atoms with Gasteiger partial charge in [-0.05, 0) is 50.2 Å². The van der Waals surface area contributed by atoms with Crippen molar-refractivity contribution in [2.45, 2.75) is 44.4 Å². The molecular weight excluding hydrogens is 406 g/mol. The van der Waals surface area contributed by atoms with Crippen LogP contribution in [0, 0.1) is 5.92 Å². The second-order valence-corrected chi connectivity index (χ2v) is 8.65. The molecule has 1 amide bonds. The molecule has 2 aromatic rings. The zero-order chi connectivity index (χ0) is 22.3. The second-order valence-electron chi connectivity index (χ2n) is 8.65. The van der Waals surface area contributed by atoms with Crippen LogP contribution in [0.2, 0.25) is 0 Å². The summed E-state index contributed by atoms with van der Waals surface area (Å²) >= 11 is 0. The first-order valence-corrected chi connectivity index (χ1v) is 11.6. The van der Waals surface area contributed by atoms with Crippen molar-refractivity contribution >= 4 is 29.2 Å². The molecule has 0 saturated heterocycles. The van der Waals surface area contributed by atoms with Gasteiger partial charge in [0.25, 0.3) is 0 Å². The number of likely N-dealkylation sites (N-methyl/N-ethyl adjacent to an activating group) is 1. The molecule has 4 rings (SSSR count). The zero-order valence-corrected chi connectivity index (χ0v) is 18.7. The molecule has 0 aromatic carbocycles. The first-order valence-electron chi connectivity index (χ1n) is 11.6. The molecule has 9 heteroatoms. The predicted octanol–water partition coefficient (Wildman–Crippen LogP) is 2.64. The normalized spacial score (nSPS) is 15.7. The number of carbonyl (C=O) groups is 1. The highest BCUT2D eigenvalue weighted by molar-refractivity contribution is 5.79. The smallest absolute Gasteiger partial charge is 0.229 e. The molecule has 0 unspecified atom stereocenters. The average Bonchev–Trinajstić information content (AvgIpc) is 3.58. The fourth-order valence-electron chi connectivity index (χ4n) is 3.69. The number of aliphatic hydroxyl groups is 1. The molecule has 0 atom stereocenters. The summed E-state index contributed by atoms with van der Waals surface area (Å²) in [6, 6.07) is 3.82. The molecule has 0 bridgehead atoms. The van der Waals surface area contributed by atoms with Gasteiger partial charge in [0.2, 0.25) is 11.9 Å². The Morgan fingerprint density at radius 3 is 2.66 bits per heavy atom. The SMILES string of the molecule is CN(CCO)c1ccc(Nc2ncc(C3CC3)c(NCCCNC(=O)C3CCC3)n2)cn1. The van der Waals surface area contributed by atoms with E-state index in [1.165, 1.54) is 19.3 Å². The van der Waals surface area contributed by atoms with E-state index in [1.807, 2.05) is 30.3 Å². The largest absolute Gasteiger partial charge is 0.395 e. The molecule has 2 aromatic heterocycles. The fraction of sp³-hybridized carbons (Fsp3) is 0.565. The predicted molar refractivity (Wildman–Crippen MR) is 125 cm³/mol. The van der Waals surface area contributed by atoms with Crippen LogP contribution in [0.25, 0.3) is 0 Å². The Hall–Kier alpha value is -2.94. The third-order valence-electron chi connectivity index (χ3n) is 6.09. The highest BCUT2D eigenvalue weighted by atomic mass is 16.3. The van der Waals surface area contributed by atoms with Gasteiger partial charge in [0.1, 0.15) is 11.6 Å². The first kappa shape index (κ1) is 22.3. The minimum Gasteiger partial charge on any atom is -0.395 e. The van der Waals surface area contributed by atoms with Crippen molar-refractivity contribution in [2.75, 3.05) is 48.8 Å². The van der Waals surface area contributed by atoms with E-state index in [0.717, 1.165) is 48.7 Å². The molecule has 2 aliphatic carbocycles. The van der Waals surface area contributed by atoms with Gasteiger partial charge in [-0.3, -0.25) is 4.79 Å². The van der Waals surface area contributed by atoms with Crippen LogP contribution in [-0.2, 0) is 4.79 Å². The number of aliphatic hydroxyl groups excluding tert-OH is 1. The van der Waals surface area contributed by atoms with Gasteiger partial charge >= 0.3 is 0 Å². The van der Waals surface area contributed by atoms with Crippen molar-refractivity contribution in [1.82, 2.24) is 20.3 Å². The average molecular weight is 440 g/mol. The molecule has 0 radical (unpaired) electrons. The number of rotatable bonds is 12. The van der Waals surface area contributed by atoms with Crippen molar-refractivity contribution in [1.29, 1.82) is 0 Å². The molecule has 0 aliphatic heterocycles. The number of nitrogens with one attached hydrogen (secondary N) is 3. The Morgan fingerprint density at radius 1 is 1.16 bits per heavy atom. The van der Waals surface area contributed by atoms with Crippen LogP contribution in [0.3, 0.4) is 0 Å². The number of aromatic nitrogens is 3. The van der Waals surface area contributed by atoms with Gasteiger partial charge in [-0.1, -0.05) is 6.42 Å². The third kappa shape index (κ3) is 5.85. The van der Waals surface area contributed by atoms with Crippen LogP contribution < -0.4 is 20.9 Å². The Morgan fingerprint density at radius 2 is 2.00 bits per heavy atom. The minimum absolute atomic E-state index is 0.0853. The van der Waals surface area contributed by atoms with Crippen molar-refractivity contribution in [3.05, 3.63) is 30.1 Å². The number of amides is 1. The van der Waals surface area contributed by atoms with Gasteiger partial charge in [-0.15, -0.1) is 0 Å². The lowest BCUT2D eigenvalue weighted by Gasteiger charge is -2.24. The molecule has 2 saturated carbocycles. The van der Waals surface area contributed by atoms with Crippen molar-refractivity contribution in [3.63, 3.8) is 0 Å².